The van der Waals surface area contributed by atoms with Crippen molar-refractivity contribution in [1.29, 1.82) is 0 Å². The number of hydrogen-bond donors (Lipinski definition) is 0. The van der Waals surface area contributed by atoms with Crippen LogP contribution in [-0.2, 0) is 21.0 Å². The van der Waals surface area contributed by atoms with E-state index in [1.54, 1.807) is 48.8 Å². The second-order valence-electron chi connectivity index (χ2n) is 5.62. The van der Waals surface area contributed by atoms with E-state index in [0.717, 1.165) is 17.4 Å². The fourth-order valence-electron chi connectivity index (χ4n) is 1.83. The van der Waals surface area contributed by atoms with Gasteiger partial charge in [0, 0.05) is 12.4 Å². The maximum atomic E-state index is 11.6. The van der Waals surface area contributed by atoms with Crippen molar-refractivity contribution in [3.05, 3.63) is 59.7 Å². The molecule has 2 aromatic carbocycles. The van der Waals surface area contributed by atoms with Gasteiger partial charge >= 0.3 is 21.0 Å². The summed E-state index contributed by atoms with van der Waals surface area (Å²) in [4.78, 5) is 8.72. The van der Waals surface area contributed by atoms with Crippen LogP contribution in [0.3, 0.4) is 0 Å². The average molecular weight is 361 g/mol. The standard InChI is InChI=1S/C18H20N2O2.O.V/c1-18(2,20-12-15-8-4-6-10-17(15)22)13-19-11-14-7-3-5-9-16(14)21;;/h3-12,21-22H,13H2,1-2H3;;/p-2. The van der Waals surface area contributed by atoms with Crippen LogP contribution < -0.4 is 10.2 Å². The SMILES string of the molecule is CC(C)(CN=Cc1ccccc1[O-])N=Cc1ccccc1[O-].[O]=[V]. The molecule has 0 aliphatic carbocycles. The summed E-state index contributed by atoms with van der Waals surface area (Å²) in [5.41, 5.74) is 0.674. The van der Waals surface area contributed by atoms with Crippen molar-refractivity contribution in [2.24, 2.45) is 9.98 Å². The molecule has 0 saturated carbocycles. The molecular weight excluding hydrogens is 343 g/mol. The Morgan fingerprint density at radius 1 is 0.917 bits per heavy atom. The summed E-state index contributed by atoms with van der Waals surface area (Å²) in [7, 11) is 0. The Morgan fingerprint density at radius 2 is 1.38 bits per heavy atom. The molecule has 6 heteroatoms. The Kier molecular flexibility index (Phi) is 8.09. The van der Waals surface area contributed by atoms with Gasteiger partial charge in [-0.2, -0.15) is 0 Å². The molecule has 0 aromatic heterocycles. The van der Waals surface area contributed by atoms with Crippen LogP contribution in [0.5, 0.6) is 11.5 Å². The third-order valence-corrected chi connectivity index (χ3v) is 3.10. The Hall–Kier alpha value is -2.24. The summed E-state index contributed by atoms with van der Waals surface area (Å²) < 4.78 is 8.19. The molecule has 0 fully saturated rings. The molecule has 0 heterocycles. The molecule has 0 amide bonds. The molecule has 0 aliphatic heterocycles. The van der Waals surface area contributed by atoms with Crippen molar-refractivity contribution >= 4 is 12.4 Å². The Morgan fingerprint density at radius 3 is 1.88 bits per heavy atom. The van der Waals surface area contributed by atoms with E-state index >= 15 is 0 Å². The minimum absolute atomic E-state index is 0.0483. The third kappa shape index (κ3) is 6.48. The number of benzene rings is 2. The zero-order valence-corrected chi connectivity index (χ0v) is 14.9. The first-order chi connectivity index (χ1) is 11.5. The molecule has 0 saturated heterocycles. The van der Waals surface area contributed by atoms with Gasteiger partial charge in [0.1, 0.15) is 0 Å². The average Bonchev–Trinajstić information content (AvgIpc) is 2.58. The van der Waals surface area contributed by atoms with Crippen LogP contribution in [0, 0.1) is 0 Å². The molecule has 2 aromatic rings. The fraction of sp³-hybridized carbons (Fsp3) is 0.222. The van der Waals surface area contributed by atoms with Crippen molar-refractivity contribution in [1.82, 2.24) is 0 Å². The van der Waals surface area contributed by atoms with Crippen molar-refractivity contribution in [2.75, 3.05) is 6.54 Å². The fourth-order valence-corrected chi connectivity index (χ4v) is 1.83. The van der Waals surface area contributed by atoms with E-state index in [2.05, 4.69) is 9.98 Å². The Balaban J connectivity index is 0.00000139. The van der Waals surface area contributed by atoms with E-state index in [1.165, 1.54) is 12.1 Å². The number of para-hydroxylation sites is 2. The van der Waals surface area contributed by atoms with Crippen molar-refractivity contribution < 1.29 is 31.3 Å². The van der Waals surface area contributed by atoms with Crippen molar-refractivity contribution in [3.8, 4) is 11.5 Å². The zero-order valence-electron chi connectivity index (χ0n) is 13.5. The van der Waals surface area contributed by atoms with Crippen LogP contribution in [0.1, 0.15) is 25.0 Å². The van der Waals surface area contributed by atoms with Gasteiger partial charge < -0.3 is 10.2 Å². The summed E-state index contributed by atoms with van der Waals surface area (Å²) in [5.74, 6) is -0.0985. The van der Waals surface area contributed by atoms with Crippen LogP contribution in [0.4, 0.5) is 0 Å². The topological polar surface area (TPSA) is 87.9 Å². The van der Waals surface area contributed by atoms with E-state index in [-0.39, 0.29) is 11.5 Å². The molecular formula is C18H18N2O3V-2. The van der Waals surface area contributed by atoms with Gasteiger partial charge in [0.15, 0.2) is 0 Å². The van der Waals surface area contributed by atoms with E-state index in [0.29, 0.717) is 17.7 Å². The second kappa shape index (κ2) is 9.80. The van der Waals surface area contributed by atoms with E-state index < -0.39 is 5.54 Å². The molecule has 125 valence electrons. The molecule has 0 radical (unpaired) electrons. The van der Waals surface area contributed by atoms with Crippen LogP contribution >= 0.6 is 0 Å². The summed E-state index contributed by atoms with van der Waals surface area (Å²) in [6.07, 6.45) is 3.15. The van der Waals surface area contributed by atoms with E-state index in [1.807, 2.05) is 13.8 Å². The molecule has 0 N–H and O–H groups in total. The molecule has 0 unspecified atom stereocenters. The Labute approximate surface area is 151 Å². The molecule has 0 bridgehead atoms. The summed E-state index contributed by atoms with van der Waals surface area (Å²) in [6, 6.07) is 13.5. The van der Waals surface area contributed by atoms with Gasteiger partial charge in [-0.25, -0.2) is 0 Å². The van der Waals surface area contributed by atoms with Crippen LogP contribution in [0.25, 0.3) is 0 Å². The normalized spacial score (nSPS) is 11.4. The molecule has 0 spiro atoms. The van der Waals surface area contributed by atoms with Gasteiger partial charge in [-0.15, -0.1) is 11.5 Å². The first-order valence-electron chi connectivity index (χ1n) is 7.23. The van der Waals surface area contributed by atoms with Crippen LogP contribution in [-0.4, -0.2) is 24.5 Å². The molecule has 2 rings (SSSR count). The molecule has 0 aliphatic rings. The number of nitrogens with zero attached hydrogens (tertiary/aromatic N) is 2. The van der Waals surface area contributed by atoms with E-state index in [9.17, 15) is 10.2 Å². The Bertz CT molecular complexity index is 715. The van der Waals surface area contributed by atoms with Gasteiger partial charge in [-0.05, 0) is 25.0 Å². The van der Waals surface area contributed by atoms with Crippen molar-refractivity contribution in [2.45, 2.75) is 19.4 Å². The first kappa shape index (κ1) is 19.8. The third-order valence-electron chi connectivity index (χ3n) is 3.10. The van der Waals surface area contributed by atoms with Crippen LogP contribution in [0.2, 0.25) is 0 Å². The summed E-state index contributed by atoms with van der Waals surface area (Å²) in [5, 5.41) is 23.2. The number of rotatable bonds is 5. The summed E-state index contributed by atoms with van der Waals surface area (Å²) >= 11 is 1.06. The second-order valence-corrected chi connectivity index (χ2v) is 5.62. The van der Waals surface area contributed by atoms with Gasteiger partial charge in [-0.3, -0.25) is 9.98 Å². The monoisotopic (exact) mass is 361 g/mol. The van der Waals surface area contributed by atoms with E-state index in [4.69, 9.17) is 3.67 Å². The molecule has 0 atom stereocenters. The summed E-state index contributed by atoms with van der Waals surface area (Å²) in [6.45, 7) is 4.29. The first-order valence-corrected chi connectivity index (χ1v) is 7.80. The number of hydrogen-bond acceptors (Lipinski definition) is 5. The quantitative estimate of drug-likeness (QED) is 0.764. The minimum atomic E-state index is -0.448. The number of aliphatic imine (C=N–C) groups is 2. The molecule has 5 nitrogen and oxygen atoms in total. The van der Waals surface area contributed by atoms with Crippen molar-refractivity contribution in [3.63, 3.8) is 0 Å². The van der Waals surface area contributed by atoms with Gasteiger partial charge in [0.2, 0.25) is 0 Å². The predicted molar refractivity (Wildman–Crippen MR) is 86.6 cm³/mol. The predicted octanol–water partition coefficient (Wildman–Crippen LogP) is 2.03. The van der Waals surface area contributed by atoms with Crippen LogP contribution in [0.15, 0.2) is 58.5 Å². The zero-order chi connectivity index (χ0) is 18.0. The van der Waals surface area contributed by atoms with Gasteiger partial charge in [-0.1, -0.05) is 48.5 Å². The van der Waals surface area contributed by atoms with Gasteiger partial charge in [0.05, 0.1) is 12.1 Å². The van der Waals surface area contributed by atoms with Gasteiger partial charge in [0.25, 0.3) is 0 Å². The maximum absolute atomic E-state index is 11.6. The molecule has 24 heavy (non-hydrogen) atoms.